The van der Waals surface area contributed by atoms with Crippen molar-refractivity contribution in [2.45, 2.75) is 49.4 Å². The molecule has 5 rings (SSSR count). The summed E-state index contributed by atoms with van der Waals surface area (Å²) in [6, 6.07) is 29.4. The molecule has 4 N–H and O–H groups in total. The van der Waals surface area contributed by atoms with Gasteiger partial charge >= 0.3 is 18.0 Å². The van der Waals surface area contributed by atoms with Gasteiger partial charge in [-0.25, -0.2) is 14.4 Å². The number of hydrogen-bond acceptors (Lipinski definition) is 8. The number of aliphatic hydroxyl groups excluding tert-OH is 1. The normalized spacial score (nSPS) is 19.6. The topological polar surface area (TPSA) is 143 Å². The fourth-order valence-corrected chi connectivity index (χ4v) is 6.74. The Labute approximate surface area is 283 Å². The molecule has 0 radical (unpaired) electrons. The lowest BCUT2D eigenvalue weighted by atomic mass is 9.91. The Balaban J connectivity index is 1.34. The lowest BCUT2D eigenvalue weighted by Gasteiger charge is -2.41. The van der Waals surface area contributed by atoms with Crippen LogP contribution in [0.15, 0.2) is 108 Å². The van der Waals surface area contributed by atoms with Gasteiger partial charge in [0.2, 0.25) is 0 Å². The lowest BCUT2D eigenvalue weighted by Crippen LogP contribution is -2.45. The number of rotatable bonds is 12. The minimum absolute atomic E-state index is 0.0741. The van der Waals surface area contributed by atoms with Gasteiger partial charge in [0.15, 0.2) is 6.29 Å². The number of benzene rings is 4. The van der Waals surface area contributed by atoms with Crippen LogP contribution in [0.1, 0.15) is 51.9 Å². The number of esters is 1. The van der Waals surface area contributed by atoms with E-state index in [2.05, 4.69) is 10.6 Å². The minimum atomic E-state index is -0.995. The van der Waals surface area contributed by atoms with E-state index in [9.17, 15) is 24.6 Å². The molecule has 0 aromatic heterocycles. The predicted molar refractivity (Wildman–Crippen MR) is 182 cm³/mol. The maximum atomic E-state index is 13.0. The van der Waals surface area contributed by atoms with Crippen molar-refractivity contribution in [3.05, 3.63) is 131 Å². The van der Waals surface area contributed by atoms with Gasteiger partial charge in [0.1, 0.15) is 6.04 Å². The number of nitrogens with one attached hydrogen (secondary N) is 2. The van der Waals surface area contributed by atoms with Gasteiger partial charge in [0.05, 0.1) is 31.5 Å². The summed E-state index contributed by atoms with van der Waals surface area (Å²) in [6.07, 6.45) is -1.26. The molecule has 1 aliphatic rings. The third-order valence-corrected chi connectivity index (χ3v) is 9.30. The molecule has 2 amide bonds. The fourth-order valence-electron chi connectivity index (χ4n) is 5.52. The second kappa shape index (κ2) is 16.4. The summed E-state index contributed by atoms with van der Waals surface area (Å²) in [5.41, 5.74) is 3.91. The van der Waals surface area contributed by atoms with Crippen molar-refractivity contribution in [2.75, 3.05) is 18.2 Å². The van der Waals surface area contributed by atoms with Crippen LogP contribution < -0.4 is 10.6 Å². The second-order valence-electron chi connectivity index (χ2n) is 11.4. The van der Waals surface area contributed by atoms with Crippen LogP contribution in [0.5, 0.6) is 0 Å². The lowest BCUT2D eigenvalue weighted by molar-refractivity contribution is -0.268. The summed E-state index contributed by atoms with van der Waals surface area (Å²) >= 11 is 1.41. The van der Waals surface area contributed by atoms with Crippen LogP contribution in [-0.2, 0) is 32.0 Å². The monoisotopic (exact) mass is 670 g/mol. The number of aliphatic hydroxyl groups is 1. The summed E-state index contributed by atoms with van der Waals surface area (Å²) in [5, 5.41) is 24.7. The number of hydrogen-bond donors (Lipinski definition) is 4. The van der Waals surface area contributed by atoms with E-state index in [-0.39, 0.29) is 36.7 Å². The van der Waals surface area contributed by atoms with Crippen molar-refractivity contribution in [3.8, 4) is 0 Å². The molecule has 1 heterocycles. The number of aromatic carboxylic acids is 1. The molecule has 250 valence electrons. The Hall–Kier alpha value is -4.68. The molecule has 5 atom stereocenters. The highest BCUT2D eigenvalue weighted by molar-refractivity contribution is 7.99. The first-order valence-electron chi connectivity index (χ1n) is 15.5. The van der Waals surface area contributed by atoms with Gasteiger partial charge in [-0.15, -0.1) is 11.8 Å². The van der Waals surface area contributed by atoms with Crippen molar-refractivity contribution in [3.63, 3.8) is 0 Å². The number of ether oxygens (including phenoxy) is 3. The Morgan fingerprint density at radius 3 is 2.31 bits per heavy atom. The molecule has 4 aromatic carbocycles. The summed E-state index contributed by atoms with van der Waals surface area (Å²) in [4.78, 5) is 38.0. The van der Waals surface area contributed by atoms with Crippen molar-refractivity contribution >= 4 is 35.4 Å². The smallest absolute Gasteiger partial charge is 0.336 e. The fraction of sp³-hybridized carbons (Fsp3) is 0.270. The summed E-state index contributed by atoms with van der Waals surface area (Å²) in [5.74, 6) is -1.20. The molecular weight excluding hydrogens is 632 g/mol. The quantitative estimate of drug-likeness (QED) is 0.0999. The predicted octanol–water partition coefficient (Wildman–Crippen LogP) is 6.37. The number of thioether (sulfide) groups is 1. The van der Waals surface area contributed by atoms with Crippen molar-refractivity contribution in [2.24, 2.45) is 5.92 Å². The molecule has 11 heteroatoms. The first kappa shape index (κ1) is 34.6. The van der Waals surface area contributed by atoms with Gasteiger partial charge in [0.25, 0.3) is 0 Å². The minimum Gasteiger partial charge on any atom is -0.478 e. The van der Waals surface area contributed by atoms with Gasteiger partial charge < -0.3 is 35.1 Å². The molecule has 0 saturated carbocycles. The van der Waals surface area contributed by atoms with E-state index >= 15 is 0 Å². The maximum Gasteiger partial charge on any atom is 0.336 e. The molecule has 0 spiro atoms. The van der Waals surface area contributed by atoms with E-state index < -0.39 is 30.3 Å². The van der Waals surface area contributed by atoms with Crippen LogP contribution >= 0.6 is 11.8 Å². The van der Waals surface area contributed by atoms with Crippen molar-refractivity contribution in [1.82, 2.24) is 5.32 Å². The van der Waals surface area contributed by atoms with Crippen molar-refractivity contribution < 1.29 is 38.8 Å². The third-order valence-electron chi connectivity index (χ3n) is 8.13. The number of anilines is 1. The average Bonchev–Trinajstić information content (AvgIpc) is 3.11. The van der Waals surface area contributed by atoms with Gasteiger partial charge in [-0.3, -0.25) is 0 Å². The molecule has 1 aliphatic heterocycles. The van der Waals surface area contributed by atoms with Crippen LogP contribution in [0.2, 0.25) is 0 Å². The number of carboxylic acids is 1. The van der Waals surface area contributed by atoms with Crippen LogP contribution in [-0.4, -0.2) is 53.2 Å². The van der Waals surface area contributed by atoms with Crippen molar-refractivity contribution in [1.29, 1.82) is 0 Å². The number of carboxylic acid groups (broad SMARTS) is 1. The van der Waals surface area contributed by atoms with E-state index in [0.29, 0.717) is 21.9 Å². The molecule has 10 nitrogen and oxygen atoms in total. The number of carbonyl (C=O) groups excluding carboxylic acids is 2. The number of urea groups is 1. The highest BCUT2D eigenvalue weighted by Gasteiger charge is 2.38. The zero-order valence-electron chi connectivity index (χ0n) is 26.6. The molecule has 0 unspecified atom stereocenters. The first-order chi connectivity index (χ1) is 23.2. The molecule has 1 fully saturated rings. The Bertz CT molecular complexity index is 1700. The molecule has 4 aromatic rings. The standard InChI is InChI=1S/C37H38N2O8S/c1-23-31(22-48-32-14-7-6-13-29(32)34(41)42)46-36(47-33(23)26-17-15-25(21-40)16-18-26)27-11-8-12-28(20-27)38-37(44)39-30(35(43)45-2)19-24-9-4-3-5-10-24/h3-18,20,23,30-31,33,36,40H,19,21-22H2,1-2H3,(H,41,42)(H2,38,39,44)/t23-,30-,31+,33+,36+/m0/s1. The van der Waals surface area contributed by atoms with E-state index in [4.69, 9.17) is 14.2 Å². The summed E-state index contributed by atoms with van der Waals surface area (Å²) in [7, 11) is 1.28. The number of methoxy groups -OCH3 is 1. The van der Waals surface area contributed by atoms with Crippen LogP contribution in [0, 0.1) is 5.92 Å². The highest BCUT2D eigenvalue weighted by atomic mass is 32.2. The van der Waals surface area contributed by atoms with Gasteiger partial charge in [-0.05, 0) is 41.0 Å². The highest BCUT2D eigenvalue weighted by Crippen LogP contribution is 2.43. The number of amides is 2. The zero-order chi connectivity index (χ0) is 34.0. The molecule has 1 saturated heterocycles. The van der Waals surface area contributed by atoms with E-state index in [0.717, 1.165) is 16.7 Å². The van der Waals surface area contributed by atoms with Gasteiger partial charge in [-0.2, -0.15) is 0 Å². The summed E-state index contributed by atoms with van der Waals surface area (Å²) < 4.78 is 18.0. The van der Waals surface area contributed by atoms with Crippen LogP contribution in [0.25, 0.3) is 0 Å². The third kappa shape index (κ3) is 8.81. The van der Waals surface area contributed by atoms with E-state index in [1.165, 1.54) is 18.9 Å². The van der Waals surface area contributed by atoms with Gasteiger partial charge in [-0.1, -0.05) is 85.8 Å². The van der Waals surface area contributed by atoms with Crippen LogP contribution in [0.4, 0.5) is 10.5 Å². The maximum absolute atomic E-state index is 13.0. The van der Waals surface area contributed by atoms with E-state index in [1.807, 2.05) is 67.6 Å². The Kier molecular flexibility index (Phi) is 11.9. The Morgan fingerprint density at radius 1 is 0.875 bits per heavy atom. The largest absolute Gasteiger partial charge is 0.478 e. The first-order valence-corrected chi connectivity index (χ1v) is 16.5. The van der Waals surface area contributed by atoms with Gasteiger partial charge in [0, 0.05) is 34.2 Å². The molecule has 0 aliphatic carbocycles. The SMILES string of the molecule is COC(=O)[C@H](Cc1ccccc1)NC(=O)Nc1cccc([C@@H]2O[C@H](CSc3ccccc3C(=O)O)[C@H](C)[C@H](c3ccc(CO)cc3)O2)c1. The zero-order valence-corrected chi connectivity index (χ0v) is 27.4. The summed E-state index contributed by atoms with van der Waals surface area (Å²) in [6.45, 7) is 1.96. The number of carbonyl (C=O) groups is 3. The van der Waals surface area contributed by atoms with E-state index in [1.54, 1.807) is 42.5 Å². The Morgan fingerprint density at radius 2 is 1.60 bits per heavy atom. The molecular formula is C37H38N2O8S. The molecule has 0 bridgehead atoms. The second-order valence-corrected chi connectivity index (χ2v) is 12.5. The van der Waals surface area contributed by atoms with Crippen LogP contribution in [0.3, 0.4) is 0 Å². The molecule has 48 heavy (non-hydrogen) atoms. The average molecular weight is 671 g/mol.